The highest BCUT2D eigenvalue weighted by Crippen LogP contribution is 2.29. The molecular weight excluding hydrogens is 210 g/mol. The molecule has 0 bridgehead atoms. The Balaban J connectivity index is 2.21. The van der Waals surface area contributed by atoms with Crippen LogP contribution in [0.5, 0.6) is 0 Å². The molecule has 1 amide bonds. The molecule has 0 aliphatic heterocycles. The van der Waals surface area contributed by atoms with Gasteiger partial charge >= 0.3 is 0 Å². The van der Waals surface area contributed by atoms with Gasteiger partial charge in [-0.2, -0.15) is 0 Å². The molecule has 92 valence electrons. The number of carbonyl (C=O) groups excluding carboxylic acids is 1. The van der Waals surface area contributed by atoms with Crippen LogP contribution in [0.3, 0.4) is 0 Å². The van der Waals surface area contributed by atoms with Gasteiger partial charge in [0, 0.05) is 18.2 Å². The minimum atomic E-state index is 0.259. The van der Waals surface area contributed by atoms with E-state index in [1.807, 2.05) is 23.1 Å². The van der Waals surface area contributed by atoms with E-state index in [-0.39, 0.29) is 5.92 Å². The van der Waals surface area contributed by atoms with E-state index in [4.69, 9.17) is 0 Å². The summed E-state index contributed by atoms with van der Waals surface area (Å²) in [6.07, 6.45) is 4.56. The maximum atomic E-state index is 12.5. The number of para-hydroxylation sites is 1. The molecular formula is C15H21NO. The molecule has 0 spiro atoms. The van der Waals surface area contributed by atoms with Crippen LogP contribution in [0.2, 0.25) is 0 Å². The minimum Gasteiger partial charge on any atom is -0.312 e. The Morgan fingerprint density at radius 1 is 1.29 bits per heavy atom. The second kappa shape index (κ2) is 5.35. The molecule has 0 N–H and O–H groups in total. The van der Waals surface area contributed by atoms with Gasteiger partial charge in [-0.25, -0.2) is 0 Å². The van der Waals surface area contributed by atoms with Crippen molar-refractivity contribution in [1.29, 1.82) is 0 Å². The average Bonchev–Trinajstić information content (AvgIpc) is 2.86. The molecule has 2 heteroatoms. The first-order valence-electron chi connectivity index (χ1n) is 6.61. The van der Waals surface area contributed by atoms with Crippen molar-refractivity contribution < 1.29 is 4.79 Å². The molecule has 0 radical (unpaired) electrons. The van der Waals surface area contributed by atoms with Crippen LogP contribution in [0.1, 0.15) is 38.2 Å². The van der Waals surface area contributed by atoms with Crippen molar-refractivity contribution in [3.63, 3.8) is 0 Å². The Labute approximate surface area is 104 Å². The highest BCUT2D eigenvalue weighted by molar-refractivity contribution is 5.95. The normalized spacial score (nSPS) is 16.1. The van der Waals surface area contributed by atoms with Crippen LogP contribution in [-0.2, 0) is 4.79 Å². The number of benzene rings is 1. The van der Waals surface area contributed by atoms with Crippen LogP contribution in [-0.4, -0.2) is 12.5 Å². The molecule has 0 unspecified atom stereocenters. The van der Waals surface area contributed by atoms with Crippen molar-refractivity contribution in [2.75, 3.05) is 11.4 Å². The van der Waals surface area contributed by atoms with Crippen LogP contribution >= 0.6 is 0 Å². The smallest absolute Gasteiger partial charge is 0.230 e. The number of anilines is 1. The highest BCUT2D eigenvalue weighted by atomic mass is 16.2. The molecule has 0 saturated heterocycles. The van der Waals surface area contributed by atoms with E-state index in [2.05, 4.69) is 19.9 Å². The molecule has 0 aromatic heterocycles. The summed E-state index contributed by atoms with van der Waals surface area (Å²) >= 11 is 0. The summed E-state index contributed by atoms with van der Waals surface area (Å²) < 4.78 is 0. The van der Waals surface area contributed by atoms with E-state index in [0.29, 0.717) is 5.91 Å². The second-order valence-corrected chi connectivity index (χ2v) is 4.85. The van der Waals surface area contributed by atoms with Crippen LogP contribution in [0.15, 0.2) is 24.3 Å². The fourth-order valence-electron chi connectivity index (χ4n) is 2.70. The number of rotatable bonds is 3. The molecule has 1 aliphatic carbocycles. The van der Waals surface area contributed by atoms with E-state index in [0.717, 1.165) is 25.1 Å². The first-order valence-corrected chi connectivity index (χ1v) is 6.61. The summed E-state index contributed by atoms with van der Waals surface area (Å²) in [6.45, 7) is 4.89. The molecule has 1 saturated carbocycles. The van der Waals surface area contributed by atoms with Gasteiger partial charge in [-0.15, -0.1) is 0 Å². The quantitative estimate of drug-likeness (QED) is 0.779. The van der Waals surface area contributed by atoms with Crippen molar-refractivity contribution in [3.8, 4) is 0 Å². The average molecular weight is 231 g/mol. The largest absolute Gasteiger partial charge is 0.312 e. The number of carbonyl (C=O) groups is 1. The summed E-state index contributed by atoms with van der Waals surface area (Å²) in [7, 11) is 0. The Morgan fingerprint density at radius 2 is 1.94 bits per heavy atom. The van der Waals surface area contributed by atoms with Gasteiger partial charge in [-0.1, -0.05) is 31.0 Å². The van der Waals surface area contributed by atoms with E-state index in [1.54, 1.807) is 0 Å². The maximum absolute atomic E-state index is 12.5. The van der Waals surface area contributed by atoms with Crippen LogP contribution in [0.4, 0.5) is 5.69 Å². The van der Waals surface area contributed by atoms with Gasteiger partial charge in [0.25, 0.3) is 0 Å². The lowest BCUT2D eigenvalue weighted by atomic mass is 10.1. The van der Waals surface area contributed by atoms with Crippen LogP contribution in [0.25, 0.3) is 0 Å². The minimum absolute atomic E-state index is 0.259. The molecule has 1 aliphatic rings. The highest BCUT2D eigenvalue weighted by Gasteiger charge is 2.27. The van der Waals surface area contributed by atoms with Crippen LogP contribution in [0, 0.1) is 12.8 Å². The van der Waals surface area contributed by atoms with Gasteiger partial charge in [-0.3, -0.25) is 4.79 Å². The fraction of sp³-hybridized carbons (Fsp3) is 0.533. The predicted molar refractivity (Wildman–Crippen MR) is 71.2 cm³/mol. The van der Waals surface area contributed by atoms with Crippen molar-refractivity contribution in [1.82, 2.24) is 0 Å². The molecule has 1 aromatic carbocycles. The summed E-state index contributed by atoms with van der Waals surface area (Å²) in [4.78, 5) is 14.4. The lowest BCUT2D eigenvalue weighted by molar-refractivity contribution is -0.122. The molecule has 0 atom stereocenters. The number of aryl methyl sites for hydroxylation is 1. The number of amides is 1. The predicted octanol–water partition coefficient (Wildman–Crippen LogP) is 3.54. The van der Waals surface area contributed by atoms with Crippen LogP contribution < -0.4 is 4.90 Å². The van der Waals surface area contributed by atoms with E-state index in [9.17, 15) is 4.79 Å². The third-order valence-electron chi connectivity index (χ3n) is 3.69. The number of nitrogens with zero attached hydrogens (tertiary/aromatic N) is 1. The van der Waals surface area contributed by atoms with Gasteiger partial charge < -0.3 is 4.90 Å². The van der Waals surface area contributed by atoms with Gasteiger partial charge in [-0.05, 0) is 38.3 Å². The molecule has 2 nitrogen and oxygen atoms in total. The van der Waals surface area contributed by atoms with Crippen molar-refractivity contribution in [2.24, 2.45) is 5.92 Å². The number of hydrogen-bond donors (Lipinski definition) is 0. The standard InChI is InChI=1S/C15H21NO/c1-3-16(14-11-7-4-8-12(14)2)15(17)13-9-5-6-10-13/h4,7-8,11,13H,3,5-6,9-10H2,1-2H3. The van der Waals surface area contributed by atoms with E-state index < -0.39 is 0 Å². The summed E-state index contributed by atoms with van der Waals surface area (Å²) in [5.41, 5.74) is 2.26. The third-order valence-corrected chi connectivity index (χ3v) is 3.69. The first kappa shape index (κ1) is 12.2. The van der Waals surface area contributed by atoms with E-state index >= 15 is 0 Å². The molecule has 17 heavy (non-hydrogen) atoms. The molecule has 0 heterocycles. The fourth-order valence-corrected chi connectivity index (χ4v) is 2.70. The monoisotopic (exact) mass is 231 g/mol. The van der Waals surface area contributed by atoms with Gasteiger partial charge in [0.2, 0.25) is 5.91 Å². The lowest BCUT2D eigenvalue weighted by Gasteiger charge is -2.25. The number of hydrogen-bond acceptors (Lipinski definition) is 1. The first-order chi connectivity index (χ1) is 8.24. The Kier molecular flexibility index (Phi) is 3.82. The Morgan fingerprint density at radius 3 is 2.53 bits per heavy atom. The second-order valence-electron chi connectivity index (χ2n) is 4.85. The Hall–Kier alpha value is -1.31. The van der Waals surface area contributed by atoms with Crippen molar-refractivity contribution in [3.05, 3.63) is 29.8 Å². The Bertz CT molecular complexity index is 394. The lowest BCUT2D eigenvalue weighted by Crippen LogP contribution is -2.35. The summed E-state index contributed by atoms with van der Waals surface area (Å²) in [5.74, 6) is 0.578. The van der Waals surface area contributed by atoms with Gasteiger partial charge in [0.15, 0.2) is 0 Å². The third kappa shape index (κ3) is 2.51. The maximum Gasteiger partial charge on any atom is 0.230 e. The van der Waals surface area contributed by atoms with Gasteiger partial charge in [0.1, 0.15) is 0 Å². The molecule has 1 fully saturated rings. The summed E-state index contributed by atoms with van der Waals surface area (Å²) in [5, 5.41) is 0. The SMILES string of the molecule is CCN(C(=O)C1CCCC1)c1ccccc1C. The zero-order chi connectivity index (χ0) is 12.3. The zero-order valence-corrected chi connectivity index (χ0v) is 10.8. The topological polar surface area (TPSA) is 20.3 Å². The van der Waals surface area contributed by atoms with Crippen molar-refractivity contribution >= 4 is 11.6 Å². The van der Waals surface area contributed by atoms with E-state index in [1.165, 1.54) is 18.4 Å². The summed E-state index contributed by atoms with van der Waals surface area (Å²) in [6, 6.07) is 8.14. The van der Waals surface area contributed by atoms with Gasteiger partial charge in [0.05, 0.1) is 0 Å². The zero-order valence-electron chi connectivity index (χ0n) is 10.8. The molecule has 2 rings (SSSR count). The van der Waals surface area contributed by atoms with Crippen molar-refractivity contribution in [2.45, 2.75) is 39.5 Å². The molecule has 1 aromatic rings.